The van der Waals surface area contributed by atoms with Crippen molar-refractivity contribution in [1.29, 1.82) is 0 Å². The van der Waals surface area contributed by atoms with Crippen LogP contribution in [0.4, 0.5) is 13.2 Å². The van der Waals surface area contributed by atoms with E-state index in [9.17, 15) is 18.0 Å². The maximum Gasteiger partial charge on any atom is 0.416 e. The summed E-state index contributed by atoms with van der Waals surface area (Å²) >= 11 is 0. The van der Waals surface area contributed by atoms with Gasteiger partial charge in [0.1, 0.15) is 6.61 Å². The third-order valence-corrected chi connectivity index (χ3v) is 2.16. The first-order chi connectivity index (χ1) is 9.43. The highest BCUT2D eigenvalue weighted by molar-refractivity contribution is 5.87. The van der Waals surface area contributed by atoms with Gasteiger partial charge in [-0.3, -0.25) is 0 Å². The zero-order valence-electron chi connectivity index (χ0n) is 10.4. The first-order valence-electron chi connectivity index (χ1n) is 5.56. The maximum absolute atomic E-state index is 12.5. The molecule has 0 aromatic heterocycles. The van der Waals surface area contributed by atoms with Crippen LogP contribution in [0.15, 0.2) is 42.5 Å². The summed E-state index contributed by atoms with van der Waals surface area (Å²) in [6, 6.07) is 4.63. The highest BCUT2D eigenvalue weighted by Gasteiger charge is 2.30. The number of allylic oxidation sites excluding steroid dienone is 1. The lowest BCUT2D eigenvalue weighted by Crippen LogP contribution is -2.04. The minimum absolute atomic E-state index is 0.00989. The number of terminal acetylenes is 1. The average Bonchev–Trinajstić information content (AvgIpc) is 2.41. The van der Waals surface area contributed by atoms with Gasteiger partial charge in [0, 0.05) is 6.08 Å². The number of rotatable bonds is 4. The number of alkyl halides is 3. The minimum Gasteiger partial charge on any atom is -0.458 e. The van der Waals surface area contributed by atoms with Crippen LogP contribution in [0, 0.1) is 12.3 Å². The maximum atomic E-state index is 12.5. The molecule has 0 spiro atoms. The summed E-state index contributed by atoms with van der Waals surface area (Å²) in [4.78, 5) is 11.2. The Labute approximate surface area is 114 Å². The molecule has 0 saturated heterocycles. The van der Waals surface area contributed by atoms with Crippen LogP contribution in [0.3, 0.4) is 0 Å². The van der Waals surface area contributed by atoms with E-state index in [0.29, 0.717) is 0 Å². The fraction of sp³-hybridized carbons (Fsp3) is 0.133. The van der Waals surface area contributed by atoms with Crippen molar-refractivity contribution in [3.63, 3.8) is 0 Å². The fourth-order valence-corrected chi connectivity index (χ4v) is 1.28. The predicted molar refractivity (Wildman–Crippen MR) is 69.4 cm³/mol. The molecule has 0 fully saturated rings. The third-order valence-electron chi connectivity index (χ3n) is 2.16. The molecular formula is C15H11F3O2. The molecule has 0 saturated carbocycles. The second-order valence-corrected chi connectivity index (χ2v) is 3.66. The van der Waals surface area contributed by atoms with Crippen molar-refractivity contribution in [2.75, 3.05) is 6.61 Å². The van der Waals surface area contributed by atoms with E-state index in [2.05, 4.69) is 5.92 Å². The minimum atomic E-state index is -4.41. The molecule has 0 aliphatic heterocycles. The van der Waals surface area contributed by atoms with Crippen LogP contribution in [0.2, 0.25) is 0 Å². The lowest BCUT2D eigenvalue weighted by Gasteiger charge is -2.06. The van der Waals surface area contributed by atoms with Gasteiger partial charge in [0.25, 0.3) is 0 Å². The summed E-state index contributed by atoms with van der Waals surface area (Å²) in [5.74, 6) is 1.56. The molecular weight excluding hydrogens is 269 g/mol. The van der Waals surface area contributed by atoms with E-state index in [0.717, 1.165) is 18.2 Å². The molecule has 0 aliphatic rings. The van der Waals surface area contributed by atoms with E-state index < -0.39 is 17.7 Å². The average molecular weight is 280 g/mol. The Morgan fingerprint density at radius 1 is 1.40 bits per heavy atom. The van der Waals surface area contributed by atoms with E-state index >= 15 is 0 Å². The Balaban J connectivity index is 2.64. The zero-order valence-corrected chi connectivity index (χ0v) is 10.4. The van der Waals surface area contributed by atoms with Gasteiger partial charge < -0.3 is 4.74 Å². The van der Waals surface area contributed by atoms with Crippen molar-refractivity contribution < 1.29 is 22.7 Å². The SMILES string of the molecule is C#CC=CCOC(=O)/C=C/c1cccc(C(F)(F)F)c1. The molecule has 0 N–H and O–H groups in total. The van der Waals surface area contributed by atoms with Crippen molar-refractivity contribution >= 4 is 12.0 Å². The van der Waals surface area contributed by atoms with E-state index in [4.69, 9.17) is 11.2 Å². The molecule has 0 heterocycles. The molecule has 0 atom stereocenters. The number of hydrogen-bond donors (Lipinski definition) is 0. The van der Waals surface area contributed by atoms with Gasteiger partial charge >= 0.3 is 12.1 Å². The summed E-state index contributed by atoms with van der Waals surface area (Å²) in [7, 11) is 0. The molecule has 2 nitrogen and oxygen atoms in total. The van der Waals surface area contributed by atoms with Crippen LogP contribution in [0.1, 0.15) is 11.1 Å². The Morgan fingerprint density at radius 2 is 2.15 bits per heavy atom. The Bertz CT molecular complexity index is 563. The lowest BCUT2D eigenvalue weighted by atomic mass is 10.1. The van der Waals surface area contributed by atoms with Gasteiger partial charge in [0.05, 0.1) is 5.56 Å². The first-order valence-corrected chi connectivity index (χ1v) is 5.56. The number of carbonyl (C=O) groups excluding carboxylic acids is 1. The largest absolute Gasteiger partial charge is 0.458 e. The summed E-state index contributed by atoms with van der Waals surface area (Å²) in [5, 5.41) is 0. The van der Waals surface area contributed by atoms with Crippen LogP contribution in [0.5, 0.6) is 0 Å². The monoisotopic (exact) mass is 280 g/mol. The van der Waals surface area contributed by atoms with Gasteiger partial charge in [-0.05, 0) is 35.9 Å². The molecule has 0 bridgehead atoms. The van der Waals surface area contributed by atoms with Crippen LogP contribution in [-0.4, -0.2) is 12.6 Å². The molecule has 0 amide bonds. The topological polar surface area (TPSA) is 26.3 Å². The Kier molecular flexibility index (Phi) is 5.60. The smallest absolute Gasteiger partial charge is 0.416 e. The van der Waals surface area contributed by atoms with Gasteiger partial charge in [0.15, 0.2) is 0 Å². The van der Waals surface area contributed by atoms with Crippen LogP contribution < -0.4 is 0 Å². The number of halogens is 3. The molecule has 0 unspecified atom stereocenters. The summed E-state index contributed by atoms with van der Waals surface area (Å²) < 4.78 is 42.1. The highest BCUT2D eigenvalue weighted by atomic mass is 19.4. The van der Waals surface area contributed by atoms with E-state index in [1.54, 1.807) is 0 Å². The van der Waals surface area contributed by atoms with Gasteiger partial charge in [-0.2, -0.15) is 13.2 Å². The van der Waals surface area contributed by atoms with E-state index in [1.165, 1.54) is 30.4 Å². The van der Waals surface area contributed by atoms with Crippen LogP contribution in [0.25, 0.3) is 6.08 Å². The van der Waals surface area contributed by atoms with Gasteiger partial charge in [0.2, 0.25) is 0 Å². The Morgan fingerprint density at radius 3 is 2.80 bits per heavy atom. The molecule has 0 radical (unpaired) electrons. The predicted octanol–water partition coefficient (Wildman–Crippen LogP) is 3.45. The van der Waals surface area contributed by atoms with Crippen molar-refractivity contribution in [3.05, 3.63) is 53.6 Å². The van der Waals surface area contributed by atoms with Crippen molar-refractivity contribution in [2.45, 2.75) is 6.18 Å². The second kappa shape index (κ2) is 7.19. The Hall–Kier alpha value is -2.48. The quantitative estimate of drug-likeness (QED) is 0.479. The highest BCUT2D eigenvalue weighted by Crippen LogP contribution is 2.29. The second-order valence-electron chi connectivity index (χ2n) is 3.66. The number of carbonyl (C=O) groups is 1. The standard InChI is InChI=1S/C15H11F3O2/c1-2-3-4-10-20-14(19)9-8-12-6-5-7-13(11-12)15(16,17)18/h1,3-9,11H,10H2/b4-3?,9-8+. The normalized spacial score (nSPS) is 11.7. The summed E-state index contributed by atoms with van der Waals surface area (Å²) in [6.07, 6.45) is 5.69. The molecule has 5 heteroatoms. The van der Waals surface area contributed by atoms with Gasteiger partial charge in [-0.15, -0.1) is 6.42 Å². The number of esters is 1. The fourth-order valence-electron chi connectivity index (χ4n) is 1.28. The van der Waals surface area contributed by atoms with Crippen molar-refractivity contribution in [2.24, 2.45) is 0 Å². The molecule has 20 heavy (non-hydrogen) atoms. The first kappa shape index (κ1) is 15.6. The van der Waals surface area contributed by atoms with E-state index in [-0.39, 0.29) is 12.2 Å². The number of hydrogen-bond acceptors (Lipinski definition) is 2. The van der Waals surface area contributed by atoms with Crippen LogP contribution >= 0.6 is 0 Å². The third kappa shape index (κ3) is 5.44. The van der Waals surface area contributed by atoms with Crippen molar-refractivity contribution in [3.8, 4) is 12.3 Å². The number of ether oxygens (including phenoxy) is 1. The van der Waals surface area contributed by atoms with Crippen LogP contribution in [-0.2, 0) is 15.7 Å². The lowest BCUT2D eigenvalue weighted by molar-refractivity contribution is -0.138. The van der Waals surface area contributed by atoms with Gasteiger partial charge in [-0.25, -0.2) is 4.79 Å². The number of benzene rings is 1. The molecule has 1 aromatic carbocycles. The molecule has 1 rings (SSSR count). The summed E-state index contributed by atoms with van der Waals surface area (Å²) in [6.45, 7) is 0.00989. The van der Waals surface area contributed by atoms with E-state index in [1.807, 2.05) is 0 Å². The molecule has 1 aromatic rings. The molecule has 0 aliphatic carbocycles. The van der Waals surface area contributed by atoms with Gasteiger partial charge in [-0.1, -0.05) is 18.1 Å². The zero-order chi connectivity index (χ0) is 15.0. The van der Waals surface area contributed by atoms with Crippen molar-refractivity contribution in [1.82, 2.24) is 0 Å². The summed E-state index contributed by atoms with van der Waals surface area (Å²) in [5.41, 5.74) is -0.513. The molecule has 104 valence electrons.